The normalized spacial score (nSPS) is 12.6. The van der Waals surface area contributed by atoms with Crippen molar-refractivity contribution in [2.45, 2.75) is 147 Å². The van der Waals surface area contributed by atoms with Crippen LogP contribution in [0.25, 0.3) is 0 Å². The van der Waals surface area contributed by atoms with Crippen LogP contribution in [0.1, 0.15) is 142 Å². The van der Waals surface area contributed by atoms with Gasteiger partial charge in [0, 0.05) is 4.58 Å². The highest BCUT2D eigenvalue weighted by Crippen LogP contribution is 2.23. The van der Waals surface area contributed by atoms with Gasteiger partial charge in [-0.3, -0.25) is 0 Å². The van der Waals surface area contributed by atoms with Gasteiger partial charge in [0.25, 0.3) is 0 Å². The summed E-state index contributed by atoms with van der Waals surface area (Å²) in [6.07, 6.45) is 28.5. The molecule has 0 heterocycles. The molecule has 0 radical (unpaired) electrons. The maximum Gasteiger partial charge on any atom is 0.0472 e. The van der Waals surface area contributed by atoms with Gasteiger partial charge >= 0.3 is 0 Å². The third kappa shape index (κ3) is 22.7. The summed E-state index contributed by atoms with van der Waals surface area (Å²) in [5.74, 6) is 1.32. The fourth-order valence-corrected chi connectivity index (χ4v) is 5.00. The Labute approximate surface area is 176 Å². The Bertz CT molecular complexity index is 242. The second-order valence-electron chi connectivity index (χ2n) is 8.12. The van der Waals surface area contributed by atoms with Crippen molar-refractivity contribution in [3.63, 3.8) is 0 Å². The summed E-state index contributed by atoms with van der Waals surface area (Å²) < 4.78 is 0.582. The maximum absolute atomic E-state index is 4.77. The summed E-state index contributed by atoms with van der Waals surface area (Å²) in [6, 6.07) is 0. The minimum atomic E-state index is 0.582. The predicted molar refractivity (Wildman–Crippen MR) is 129 cm³/mol. The van der Waals surface area contributed by atoms with Gasteiger partial charge in [-0.05, 0) is 18.6 Å². The van der Waals surface area contributed by atoms with Gasteiger partial charge in [0.15, 0.2) is 0 Å². The summed E-state index contributed by atoms with van der Waals surface area (Å²) in [7, 11) is 0. The van der Waals surface area contributed by atoms with Crippen LogP contribution in [-0.2, 0) is 0 Å². The predicted octanol–water partition coefficient (Wildman–Crippen LogP) is 9.82. The number of hydrogen-bond acceptors (Lipinski definition) is 2. The largest absolute Gasteiger partial charge is 0.165 e. The van der Waals surface area contributed by atoms with E-state index in [1.54, 1.807) is 0 Å². The molecule has 0 rings (SSSR count). The second-order valence-corrected chi connectivity index (χ2v) is 10.4. The highest BCUT2D eigenvalue weighted by molar-refractivity contribution is 8.10. The van der Waals surface area contributed by atoms with Gasteiger partial charge in [-0.1, -0.05) is 129 Å². The van der Waals surface area contributed by atoms with Crippen molar-refractivity contribution in [3.8, 4) is 0 Å². The van der Waals surface area contributed by atoms with Crippen molar-refractivity contribution in [1.82, 2.24) is 0 Å². The van der Waals surface area contributed by atoms with E-state index in [0.29, 0.717) is 4.58 Å². The van der Waals surface area contributed by atoms with Crippen molar-refractivity contribution in [1.29, 1.82) is 0 Å². The molecule has 0 aliphatic carbocycles. The lowest BCUT2D eigenvalue weighted by Gasteiger charge is -2.10. The number of unbranched alkanes of at least 4 members (excludes halogenated alkanes) is 17. The zero-order valence-corrected chi connectivity index (χ0v) is 20.0. The molecule has 0 aliphatic heterocycles. The van der Waals surface area contributed by atoms with Crippen LogP contribution in [-0.4, -0.2) is 10.3 Å². The smallest absolute Gasteiger partial charge is 0.0472 e. The maximum atomic E-state index is 4.77. The van der Waals surface area contributed by atoms with Crippen molar-refractivity contribution in [2.75, 3.05) is 5.75 Å². The fourth-order valence-electron chi connectivity index (χ4n) is 3.52. The van der Waals surface area contributed by atoms with Crippen LogP contribution in [0.2, 0.25) is 0 Å². The Kier molecular flexibility index (Phi) is 24.4. The Morgan fingerprint density at radius 2 is 0.846 bits per heavy atom. The molecule has 0 saturated carbocycles. The van der Waals surface area contributed by atoms with Crippen LogP contribution in [0.3, 0.4) is 0 Å². The molecule has 0 aromatic heterocycles. The van der Waals surface area contributed by atoms with Gasteiger partial charge in [-0.2, -0.15) is 12.6 Å². The third-order valence-corrected chi connectivity index (χ3v) is 7.21. The van der Waals surface area contributed by atoms with E-state index in [0.717, 1.165) is 0 Å². The minimum Gasteiger partial charge on any atom is -0.165 e. The van der Waals surface area contributed by atoms with Crippen molar-refractivity contribution >= 4 is 24.4 Å². The minimum absolute atomic E-state index is 0.582. The third-order valence-electron chi connectivity index (χ3n) is 5.36. The molecule has 0 aromatic rings. The Hall–Kier alpha value is 0.700. The number of hydrogen-bond donors (Lipinski definition) is 1. The van der Waals surface area contributed by atoms with Gasteiger partial charge in [0.05, 0.1) is 0 Å². The van der Waals surface area contributed by atoms with E-state index < -0.39 is 0 Å². The molecular formula is C24H50S2. The van der Waals surface area contributed by atoms with E-state index >= 15 is 0 Å². The van der Waals surface area contributed by atoms with E-state index in [9.17, 15) is 0 Å². The Morgan fingerprint density at radius 1 is 0.500 bits per heavy atom. The molecule has 0 nitrogen and oxygen atoms in total. The first-order valence-corrected chi connectivity index (χ1v) is 13.7. The highest BCUT2D eigenvalue weighted by atomic mass is 32.2. The lowest BCUT2D eigenvalue weighted by molar-refractivity contribution is 0.561. The summed E-state index contributed by atoms with van der Waals surface area (Å²) in [5.41, 5.74) is 0. The Morgan fingerprint density at radius 3 is 1.27 bits per heavy atom. The average Bonchev–Trinajstić information content (AvgIpc) is 2.64. The van der Waals surface area contributed by atoms with Crippen LogP contribution in [0.15, 0.2) is 0 Å². The second kappa shape index (κ2) is 23.7. The van der Waals surface area contributed by atoms with Gasteiger partial charge < -0.3 is 0 Å². The van der Waals surface area contributed by atoms with Crippen molar-refractivity contribution < 1.29 is 0 Å². The molecule has 1 atom stereocenters. The molecule has 158 valence electrons. The SMILES string of the molecule is CCCCCCCCCCCCSC(S)CCCCCCCCCCC. The van der Waals surface area contributed by atoms with Crippen molar-refractivity contribution in [3.05, 3.63) is 0 Å². The first kappa shape index (κ1) is 26.7. The number of thiol groups is 1. The molecule has 0 N–H and O–H groups in total. The quantitative estimate of drug-likeness (QED) is 0.107. The van der Waals surface area contributed by atoms with E-state index in [-0.39, 0.29) is 0 Å². The molecule has 0 aromatic carbocycles. The molecule has 0 spiro atoms. The first-order chi connectivity index (χ1) is 12.8. The molecular weight excluding hydrogens is 352 g/mol. The van der Waals surface area contributed by atoms with E-state index in [2.05, 4.69) is 25.6 Å². The molecule has 2 heteroatoms. The van der Waals surface area contributed by atoms with Gasteiger partial charge in [-0.25, -0.2) is 0 Å². The fraction of sp³-hybridized carbons (Fsp3) is 1.00. The standard InChI is InChI=1S/C24H50S2/c1-3-5-7-9-11-13-15-17-19-21-23-26-24(25)22-20-18-16-14-12-10-8-6-4-2/h24-25H,3-23H2,1-2H3. The molecule has 0 fully saturated rings. The highest BCUT2D eigenvalue weighted by Gasteiger charge is 2.03. The summed E-state index contributed by atoms with van der Waals surface area (Å²) in [4.78, 5) is 0. The zero-order valence-electron chi connectivity index (χ0n) is 18.3. The van der Waals surface area contributed by atoms with E-state index in [1.807, 2.05) is 0 Å². The van der Waals surface area contributed by atoms with Crippen LogP contribution in [0, 0.1) is 0 Å². The number of rotatable bonds is 22. The topological polar surface area (TPSA) is 0 Å². The molecule has 0 aliphatic rings. The lowest BCUT2D eigenvalue weighted by atomic mass is 10.1. The molecule has 26 heavy (non-hydrogen) atoms. The number of thioether (sulfide) groups is 1. The molecule has 0 amide bonds. The van der Waals surface area contributed by atoms with E-state index in [4.69, 9.17) is 12.6 Å². The van der Waals surface area contributed by atoms with Crippen LogP contribution in [0.4, 0.5) is 0 Å². The van der Waals surface area contributed by atoms with Gasteiger partial charge in [0.1, 0.15) is 0 Å². The average molecular weight is 403 g/mol. The monoisotopic (exact) mass is 402 g/mol. The zero-order chi connectivity index (χ0) is 19.1. The van der Waals surface area contributed by atoms with E-state index in [1.165, 1.54) is 134 Å². The molecule has 0 saturated heterocycles. The lowest BCUT2D eigenvalue weighted by Crippen LogP contribution is -1.95. The van der Waals surface area contributed by atoms with Gasteiger partial charge in [-0.15, -0.1) is 11.8 Å². The summed E-state index contributed by atoms with van der Waals surface area (Å²) >= 11 is 6.87. The van der Waals surface area contributed by atoms with Crippen LogP contribution in [0.5, 0.6) is 0 Å². The Balaban J connectivity index is 3.12. The van der Waals surface area contributed by atoms with Gasteiger partial charge in [0.2, 0.25) is 0 Å². The van der Waals surface area contributed by atoms with Crippen LogP contribution < -0.4 is 0 Å². The van der Waals surface area contributed by atoms with Crippen LogP contribution >= 0.6 is 24.4 Å². The van der Waals surface area contributed by atoms with Crippen molar-refractivity contribution in [2.24, 2.45) is 0 Å². The summed E-state index contributed by atoms with van der Waals surface area (Å²) in [5, 5.41) is 0. The summed E-state index contributed by atoms with van der Waals surface area (Å²) in [6.45, 7) is 4.59. The molecule has 0 bridgehead atoms. The molecule has 1 unspecified atom stereocenters. The first-order valence-electron chi connectivity index (χ1n) is 12.1.